The number of anilines is 1. The van der Waals surface area contributed by atoms with Gasteiger partial charge in [-0.25, -0.2) is 18.0 Å². The minimum atomic E-state index is -1.41. The average Bonchev–Trinajstić information content (AvgIpc) is 3.09. The van der Waals surface area contributed by atoms with Crippen molar-refractivity contribution in [3.63, 3.8) is 0 Å². The molecule has 0 atom stereocenters. The van der Waals surface area contributed by atoms with E-state index in [1.165, 1.54) is 6.92 Å². The van der Waals surface area contributed by atoms with Crippen LogP contribution in [0.3, 0.4) is 0 Å². The molecule has 0 radical (unpaired) electrons. The standard InChI is InChI=1S/C19H14F3N3O4S/c1-9-7-12(20)11(15(22)14(9)21)8-28-17-13(16(23)26)18(30-25-17)24-19(27)29-10-5-3-2-4-6-10/h2-7H,8H2,1H3,(H2,23,26)(H,24,27). The first-order valence-electron chi connectivity index (χ1n) is 8.37. The van der Waals surface area contributed by atoms with Crippen molar-refractivity contribution in [1.29, 1.82) is 0 Å². The number of para-hydroxylation sites is 1. The van der Waals surface area contributed by atoms with Crippen molar-refractivity contribution in [3.8, 4) is 11.6 Å². The molecule has 2 amide bonds. The topological polar surface area (TPSA) is 104 Å². The van der Waals surface area contributed by atoms with Gasteiger partial charge in [0.1, 0.15) is 28.7 Å². The van der Waals surface area contributed by atoms with Crippen LogP contribution >= 0.6 is 11.5 Å². The molecule has 0 aliphatic heterocycles. The van der Waals surface area contributed by atoms with Gasteiger partial charge in [-0.15, -0.1) is 0 Å². The van der Waals surface area contributed by atoms with E-state index in [4.69, 9.17) is 15.2 Å². The molecule has 0 spiro atoms. The lowest BCUT2D eigenvalue weighted by Gasteiger charge is -2.09. The molecule has 1 heterocycles. The molecule has 30 heavy (non-hydrogen) atoms. The fourth-order valence-electron chi connectivity index (χ4n) is 2.41. The summed E-state index contributed by atoms with van der Waals surface area (Å²) in [6, 6.07) is 8.94. The molecule has 3 rings (SSSR count). The van der Waals surface area contributed by atoms with E-state index in [9.17, 15) is 22.8 Å². The lowest BCUT2D eigenvalue weighted by atomic mass is 10.1. The van der Waals surface area contributed by atoms with Crippen LogP contribution in [0.25, 0.3) is 0 Å². The van der Waals surface area contributed by atoms with Crippen LogP contribution in [0.5, 0.6) is 11.6 Å². The third-order valence-corrected chi connectivity index (χ3v) is 4.61. The summed E-state index contributed by atoms with van der Waals surface area (Å²) in [6.45, 7) is 0.455. The molecule has 0 fully saturated rings. The van der Waals surface area contributed by atoms with Crippen molar-refractivity contribution < 1.29 is 32.2 Å². The molecule has 0 saturated heterocycles. The Labute approximate surface area is 172 Å². The number of nitrogens with two attached hydrogens (primary N) is 1. The van der Waals surface area contributed by atoms with E-state index in [0.717, 1.165) is 6.07 Å². The smallest absolute Gasteiger partial charge is 0.417 e. The van der Waals surface area contributed by atoms with E-state index < -0.39 is 41.6 Å². The maximum Gasteiger partial charge on any atom is 0.417 e. The lowest BCUT2D eigenvalue weighted by Crippen LogP contribution is -2.20. The van der Waals surface area contributed by atoms with Crippen molar-refractivity contribution in [2.24, 2.45) is 5.73 Å². The molecule has 7 nitrogen and oxygen atoms in total. The normalized spacial score (nSPS) is 10.5. The average molecular weight is 437 g/mol. The van der Waals surface area contributed by atoms with E-state index in [0.29, 0.717) is 11.5 Å². The fourth-order valence-corrected chi connectivity index (χ4v) is 3.14. The molecule has 0 saturated carbocycles. The number of benzene rings is 2. The van der Waals surface area contributed by atoms with Gasteiger partial charge in [0.05, 0.1) is 5.56 Å². The van der Waals surface area contributed by atoms with E-state index in [1.54, 1.807) is 30.3 Å². The summed E-state index contributed by atoms with van der Waals surface area (Å²) in [5.74, 6) is -4.77. The minimum Gasteiger partial charge on any atom is -0.471 e. The number of hydrogen-bond donors (Lipinski definition) is 2. The highest BCUT2D eigenvalue weighted by Gasteiger charge is 2.24. The summed E-state index contributed by atoms with van der Waals surface area (Å²) in [4.78, 5) is 23.8. The molecule has 3 aromatic rings. The number of aryl methyl sites for hydroxylation is 1. The van der Waals surface area contributed by atoms with Gasteiger partial charge in [0.2, 0.25) is 5.88 Å². The second-order valence-corrected chi connectivity index (χ2v) is 6.73. The molecule has 2 aromatic carbocycles. The molecule has 156 valence electrons. The van der Waals surface area contributed by atoms with Crippen molar-refractivity contribution in [3.05, 3.63) is 70.5 Å². The lowest BCUT2D eigenvalue weighted by molar-refractivity contribution is 0.0996. The quantitative estimate of drug-likeness (QED) is 0.564. The molecule has 0 unspecified atom stereocenters. The Morgan fingerprint density at radius 1 is 1.17 bits per heavy atom. The summed E-state index contributed by atoms with van der Waals surface area (Å²) in [6.07, 6.45) is -0.920. The van der Waals surface area contributed by atoms with Crippen LogP contribution in [0.1, 0.15) is 21.5 Å². The number of carbonyl (C=O) groups excluding carboxylic acids is 2. The maximum atomic E-state index is 14.0. The third kappa shape index (κ3) is 4.51. The Hall–Kier alpha value is -3.60. The van der Waals surface area contributed by atoms with E-state index >= 15 is 0 Å². The van der Waals surface area contributed by atoms with Gasteiger partial charge in [-0.1, -0.05) is 18.2 Å². The van der Waals surface area contributed by atoms with Crippen LogP contribution in [0.15, 0.2) is 36.4 Å². The van der Waals surface area contributed by atoms with E-state index in [-0.39, 0.29) is 27.8 Å². The highest BCUT2D eigenvalue weighted by molar-refractivity contribution is 7.11. The second-order valence-electron chi connectivity index (χ2n) is 5.95. The second kappa shape index (κ2) is 8.82. The SMILES string of the molecule is Cc1cc(F)c(COc2nsc(NC(=O)Oc3ccccc3)c2C(N)=O)c(F)c1F. The summed E-state index contributed by atoms with van der Waals surface area (Å²) in [7, 11) is 0. The van der Waals surface area contributed by atoms with Crippen molar-refractivity contribution >= 4 is 28.5 Å². The van der Waals surface area contributed by atoms with Crippen LogP contribution < -0.4 is 20.5 Å². The molecule has 0 aliphatic carbocycles. The Balaban J connectivity index is 1.77. The Morgan fingerprint density at radius 3 is 2.53 bits per heavy atom. The Bertz CT molecular complexity index is 1110. The van der Waals surface area contributed by atoms with Gasteiger partial charge in [-0.05, 0) is 42.2 Å². The fraction of sp³-hybridized carbons (Fsp3) is 0.105. The number of aromatic nitrogens is 1. The van der Waals surface area contributed by atoms with E-state index in [2.05, 4.69) is 9.69 Å². The molecule has 0 aliphatic rings. The zero-order valence-electron chi connectivity index (χ0n) is 15.4. The predicted molar refractivity (Wildman–Crippen MR) is 102 cm³/mol. The first kappa shape index (κ1) is 21.1. The van der Waals surface area contributed by atoms with Crippen LogP contribution in [0.4, 0.5) is 23.0 Å². The van der Waals surface area contributed by atoms with Crippen LogP contribution in [-0.4, -0.2) is 16.4 Å². The maximum absolute atomic E-state index is 14.0. The summed E-state index contributed by atoms with van der Waals surface area (Å²) in [5, 5.41) is 2.22. The molecular formula is C19H14F3N3O4S. The molecule has 11 heteroatoms. The number of amides is 2. The zero-order chi connectivity index (χ0) is 21.8. The van der Waals surface area contributed by atoms with Crippen LogP contribution in [0.2, 0.25) is 0 Å². The van der Waals surface area contributed by atoms with Gasteiger partial charge in [-0.2, -0.15) is 4.37 Å². The predicted octanol–water partition coefficient (Wildman–Crippen LogP) is 4.16. The Morgan fingerprint density at radius 2 is 1.87 bits per heavy atom. The van der Waals surface area contributed by atoms with Crippen LogP contribution in [0, 0.1) is 24.4 Å². The first-order chi connectivity index (χ1) is 14.3. The monoisotopic (exact) mass is 437 g/mol. The Kier molecular flexibility index (Phi) is 6.21. The molecule has 1 aromatic heterocycles. The number of ether oxygens (including phenoxy) is 2. The summed E-state index contributed by atoms with van der Waals surface area (Å²) < 4.78 is 55.7. The highest BCUT2D eigenvalue weighted by Crippen LogP contribution is 2.31. The first-order valence-corrected chi connectivity index (χ1v) is 9.14. The number of primary amides is 1. The number of nitrogens with zero attached hydrogens (tertiary/aromatic N) is 1. The van der Waals surface area contributed by atoms with Gasteiger partial charge in [0.25, 0.3) is 5.91 Å². The van der Waals surface area contributed by atoms with Gasteiger partial charge in [-0.3, -0.25) is 10.1 Å². The number of hydrogen-bond acceptors (Lipinski definition) is 6. The van der Waals surface area contributed by atoms with Gasteiger partial charge >= 0.3 is 6.09 Å². The van der Waals surface area contributed by atoms with Crippen molar-refractivity contribution in [1.82, 2.24) is 4.37 Å². The molecular weight excluding hydrogens is 423 g/mol. The molecule has 0 bridgehead atoms. The molecule has 3 N–H and O–H groups in total. The van der Waals surface area contributed by atoms with Crippen LogP contribution in [-0.2, 0) is 6.61 Å². The highest BCUT2D eigenvalue weighted by atomic mass is 32.1. The number of halogens is 3. The zero-order valence-corrected chi connectivity index (χ0v) is 16.2. The summed E-state index contributed by atoms with van der Waals surface area (Å²) >= 11 is 0.643. The van der Waals surface area contributed by atoms with E-state index in [1.807, 2.05) is 0 Å². The van der Waals surface area contributed by atoms with Gasteiger partial charge in [0, 0.05) is 0 Å². The number of nitrogens with one attached hydrogen (secondary N) is 1. The van der Waals surface area contributed by atoms with Gasteiger partial charge < -0.3 is 15.2 Å². The van der Waals surface area contributed by atoms with Crippen molar-refractivity contribution in [2.45, 2.75) is 13.5 Å². The summed E-state index contributed by atoms with van der Waals surface area (Å²) in [5.41, 5.74) is 4.10. The van der Waals surface area contributed by atoms with Gasteiger partial charge in [0.15, 0.2) is 11.6 Å². The number of rotatable bonds is 6. The largest absolute Gasteiger partial charge is 0.471 e. The third-order valence-electron chi connectivity index (χ3n) is 3.87. The van der Waals surface area contributed by atoms with Crippen molar-refractivity contribution in [2.75, 3.05) is 5.32 Å². The minimum absolute atomic E-state index is 0.0885. The number of carbonyl (C=O) groups is 2.